The summed E-state index contributed by atoms with van der Waals surface area (Å²) in [5.74, 6) is -1.97. The van der Waals surface area contributed by atoms with Gasteiger partial charge in [0.15, 0.2) is 11.6 Å². The van der Waals surface area contributed by atoms with Crippen LogP contribution in [0.2, 0.25) is 0 Å². The molecule has 0 aliphatic carbocycles. The number of carbonyl (C=O) groups is 1. The standard InChI is InChI=1S/C14H20F2N2O/c1-9(2)13(17)6-7-18(3)14(19)10-4-5-11(15)12(16)8-10/h4-5,8-9,13H,6-7,17H2,1-3H3. The number of nitrogens with two attached hydrogens (primary N) is 1. The highest BCUT2D eigenvalue weighted by Gasteiger charge is 2.15. The van der Waals surface area contributed by atoms with Crippen LogP contribution in [0.25, 0.3) is 0 Å². The van der Waals surface area contributed by atoms with Gasteiger partial charge in [0.2, 0.25) is 0 Å². The van der Waals surface area contributed by atoms with E-state index in [1.54, 1.807) is 7.05 Å². The summed E-state index contributed by atoms with van der Waals surface area (Å²) < 4.78 is 25.8. The molecule has 0 bridgehead atoms. The molecule has 0 aliphatic rings. The molecule has 0 heterocycles. The Hall–Kier alpha value is -1.49. The lowest BCUT2D eigenvalue weighted by Gasteiger charge is -2.21. The summed E-state index contributed by atoms with van der Waals surface area (Å²) in [5, 5.41) is 0. The monoisotopic (exact) mass is 270 g/mol. The van der Waals surface area contributed by atoms with Gasteiger partial charge in [-0.15, -0.1) is 0 Å². The first-order chi connectivity index (χ1) is 8.82. The molecule has 0 aliphatic heterocycles. The van der Waals surface area contributed by atoms with Crippen LogP contribution in [0, 0.1) is 17.6 Å². The SMILES string of the molecule is CC(C)C(N)CCN(C)C(=O)c1ccc(F)c(F)c1. The van der Waals surface area contributed by atoms with Gasteiger partial charge < -0.3 is 10.6 Å². The summed E-state index contributed by atoms with van der Waals surface area (Å²) in [6.07, 6.45) is 0.670. The van der Waals surface area contributed by atoms with Crippen molar-refractivity contribution in [1.82, 2.24) is 4.90 Å². The molecule has 0 fully saturated rings. The average molecular weight is 270 g/mol. The highest BCUT2D eigenvalue weighted by atomic mass is 19.2. The van der Waals surface area contributed by atoms with Gasteiger partial charge in [0.25, 0.3) is 5.91 Å². The second-order valence-electron chi connectivity index (χ2n) is 5.05. The minimum absolute atomic E-state index is 0.0141. The molecule has 0 saturated heterocycles. The summed E-state index contributed by atoms with van der Waals surface area (Å²) in [6, 6.07) is 3.16. The summed E-state index contributed by atoms with van der Waals surface area (Å²) in [7, 11) is 1.62. The highest BCUT2D eigenvalue weighted by molar-refractivity contribution is 5.94. The first kappa shape index (κ1) is 15.6. The van der Waals surface area contributed by atoms with Crippen molar-refractivity contribution in [3.8, 4) is 0 Å². The summed E-state index contributed by atoms with van der Waals surface area (Å²) in [5.41, 5.74) is 6.04. The van der Waals surface area contributed by atoms with Crippen LogP contribution in [-0.2, 0) is 0 Å². The quantitative estimate of drug-likeness (QED) is 0.893. The topological polar surface area (TPSA) is 46.3 Å². The van der Waals surface area contributed by atoms with E-state index in [9.17, 15) is 13.6 Å². The third kappa shape index (κ3) is 4.28. The minimum atomic E-state index is -1.02. The van der Waals surface area contributed by atoms with Crippen molar-refractivity contribution in [2.75, 3.05) is 13.6 Å². The Balaban J connectivity index is 2.64. The highest BCUT2D eigenvalue weighted by Crippen LogP contribution is 2.11. The van der Waals surface area contributed by atoms with Gasteiger partial charge in [-0.3, -0.25) is 4.79 Å². The average Bonchev–Trinajstić information content (AvgIpc) is 2.37. The van der Waals surface area contributed by atoms with Crippen molar-refractivity contribution in [2.24, 2.45) is 11.7 Å². The van der Waals surface area contributed by atoms with Gasteiger partial charge in [-0.2, -0.15) is 0 Å². The molecular weight excluding hydrogens is 250 g/mol. The normalized spacial score (nSPS) is 12.6. The molecule has 0 radical (unpaired) electrons. The molecule has 0 aromatic heterocycles. The molecule has 0 saturated carbocycles. The van der Waals surface area contributed by atoms with E-state index >= 15 is 0 Å². The fraction of sp³-hybridized carbons (Fsp3) is 0.500. The van der Waals surface area contributed by atoms with Crippen LogP contribution in [0.1, 0.15) is 30.6 Å². The van der Waals surface area contributed by atoms with Gasteiger partial charge in [0, 0.05) is 25.2 Å². The van der Waals surface area contributed by atoms with E-state index < -0.39 is 11.6 Å². The van der Waals surface area contributed by atoms with Crippen molar-refractivity contribution < 1.29 is 13.6 Å². The van der Waals surface area contributed by atoms with Gasteiger partial charge in [-0.25, -0.2) is 8.78 Å². The van der Waals surface area contributed by atoms with Gasteiger partial charge in [0.1, 0.15) is 0 Å². The maximum Gasteiger partial charge on any atom is 0.253 e. The molecule has 1 amide bonds. The van der Waals surface area contributed by atoms with Crippen LogP contribution < -0.4 is 5.73 Å². The van der Waals surface area contributed by atoms with Gasteiger partial charge in [-0.05, 0) is 30.5 Å². The number of hydrogen-bond donors (Lipinski definition) is 1. The second-order valence-corrected chi connectivity index (χ2v) is 5.05. The number of nitrogens with zero attached hydrogens (tertiary/aromatic N) is 1. The third-order valence-electron chi connectivity index (χ3n) is 3.17. The van der Waals surface area contributed by atoms with Crippen LogP contribution in [0.15, 0.2) is 18.2 Å². The Labute approximate surface area is 112 Å². The molecule has 1 unspecified atom stereocenters. The fourth-order valence-electron chi connectivity index (χ4n) is 1.63. The Morgan fingerprint density at radius 1 is 1.32 bits per heavy atom. The lowest BCUT2D eigenvalue weighted by molar-refractivity contribution is 0.0788. The summed E-state index contributed by atoms with van der Waals surface area (Å²) >= 11 is 0. The molecule has 3 nitrogen and oxygen atoms in total. The smallest absolute Gasteiger partial charge is 0.253 e. The van der Waals surface area contributed by atoms with E-state index in [4.69, 9.17) is 5.73 Å². The minimum Gasteiger partial charge on any atom is -0.342 e. The lowest BCUT2D eigenvalue weighted by atomic mass is 10.0. The number of rotatable bonds is 5. The Morgan fingerprint density at radius 3 is 2.47 bits per heavy atom. The molecule has 1 atom stereocenters. The zero-order valence-corrected chi connectivity index (χ0v) is 11.5. The van der Waals surface area contributed by atoms with Gasteiger partial charge in [-0.1, -0.05) is 13.8 Å². The number of amides is 1. The van der Waals surface area contributed by atoms with Gasteiger partial charge >= 0.3 is 0 Å². The first-order valence-electron chi connectivity index (χ1n) is 6.29. The Kier molecular flexibility index (Phi) is 5.42. The van der Waals surface area contributed by atoms with E-state index in [1.165, 1.54) is 11.0 Å². The Bertz CT molecular complexity index is 449. The molecule has 5 heteroatoms. The van der Waals surface area contributed by atoms with Crippen LogP contribution in [0.4, 0.5) is 8.78 Å². The number of hydrogen-bond acceptors (Lipinski definition) is 2. The molecular formula is C14H20F2N2O. The molecule has 19 heavy (non-hydrogen) atoms. The van der Waals surface area contributed by atoms with Crippen LogP contribution in [0.5, 0.6) is 0 Å². The molecule has 1 aromatic rings. The summed E-state index contributed by atoms with van der Waals surface area (Å²) in [4.78, 5) is 13.5. The van der Waals surface area contributed by atoms with E-state index in [2.05, 4.69) is 0 Å². The predicted molar refractivity (Wildman–Crippen MR) is 70.7 cm³/mol. The van der Waals surface area contributed by atoms with Crippen molar-refractivity contribution in [3.05, 3.63) is 35.4 Å². The van der Waals surface area contributed by atoms with Crippen LogP contribution in [-0.4, -0.2) is 30.4 Å². The van der Waals surface area contributed by atoms with Crippen molar-refractivity contribution in [3.63, 3.8) is 0 Å². The molecule has 2 N–H and O–H groups in total. The zero-order chi connectivity index (χ0) is 14.6. The van der Waals surface area contributed by atoms with E-state index in [1.807, 2.05) is 13.8 Å². The number of benzene rings is 1. The fourth-order valence-corrected chi connectivity index (χ4v) is 1.63. The van der Waals surface area contributed by atoms with Crippen LogP contribution >= 0.6 is 0 Å². The molecule has 1 aromatic carbocycles. The van der Waals surface area contributed by atoms with Crippen molar-refractivity contribution in [1.29, 1.82) is 0 Å². The lowest BCUT2D eigenvalue weighted by Crippen LogP contribution is -2.34. The molecule has 1 rings (SSSR count). The zero-order valence-electron chi connectivity index (χ0n) is 11.5. The van der Waals surface area contributed by atoms with E-state index in [0.29, 0.717) is 18.9 Å². The second kappa shape index (κ2) is 6.61. The number of halogens is 2. The van der Waals surface area contributed by atoms with Crippen molar-refractivity contribution in [2.45, 2.75) is 26.3 Å². The Morgan fingerprint density at radius 2 is 1.95 bits per heavy atom. The maximum atomic E-state index is 13.1. The van der Waals surface area contributed by atoms with E-state index in [0.717, 1.165) is 12.1 Å². The largest absolute Gasteiger partial charge is 0.342 e. The molecule has 106 valence electrons. The number of carbonyl (C=O) groups excluding carboxylic acids is 1. The van der Waals surface area contributed by atoms with E-state index in [-0.39, 0.29) is 17.5 Å². The van der Waals surface area contributed by atoms with Crippen molar-refractivity contribution >= 4 is 5.91 Å². The van der Waals surface area contributed by atoms with Gasteiger partial charge in [0.05, 0.1) is 0 Å². The van der Waals surface area contributed by atoms with Crippen LogP contribution in [0.3, 0.4) is 0 Å². The molecule has 0 spiro atoms. The third-order valence-corrected chi connectivity index (χ3v) is 3.17. The maximum absolute atomic E-state index is 13.1. The predicted octanol–water partition coefficient (Wildman–Crippen LogP) is 2.41. The summed E-state index contributed by atoms with van der Waals surface area (Å²) in [6.45, 7) is 4.51. The first-order valence-corrected chi connectivity index (χ1v) is 6.29.